The summed E-state index contributed by atoms with van der Waals surface area (Å²) in [6.45, 7) is 0.397. The van der Waals surface area contributed by atoms with Crippen molar-refractivity contribution in [2.24, 2.45) is 5.73 Å². The predicted molar refractivity (Wildman–Crippen MR) is 77.2 cm³/mol. The lowest BCUT2D eigenvalue weighted by molar-refractivity contribution is 0.0827. The molecule has 1 amide bonds. The van der Waals surface area contributed by atoms with E-state index in [1.165, 1.54) is 6.33 Å². The maximum Gasteiger partial charge on any atom is 0.253 e. The van der Waals surface area contributed by atoms with Crippen molar-refractivity contribution in [3.05, 3.63) is 59.2 Å². The van der Waals surface area contributed by atoms with E-state index in [2.05, 4.69) is 9.97 Å². The van der Waals surface area contributed by atoms with Gasteiger partial charge in [-0.3, -0.25) is 4.79 Å². The van der Waals surface area contributed by atoms with Gasteiger partial charge in [-0.2, -0.15) is 0 Å². The molecule has 0 bridgehead atoms. The molecule has 0 aliphatic rings. The van der Waals surface area contributed by atoms with Crippen molar-refractivity contribution in [3.63, 3.8) is 0 Å². The van der Waals surface area contributed by atoms with Gasteiger partial charge in [0.15, 0.2) is 0 Å². The smallest absolute Gasteiger partial charge is 0.253 e. The van der Waals surface area contributed by atoms with Crippen LogP contribution in [0.25, 0.3) is 0 Å². The minimum absolute atomic E-state index is 0.00261. The van der Waals surface area contributed by atoms with E-state index in [0.717, 1.165) is 17.0 Å². The first kappa shape index (κ1) is 14.1. The second-order valence-corrected chi connectivity index (χ2v) is 4.78. The number of aromatic nitrogens is 2. The number of amides is 1. The van der Waals surface area contributed by atoms with Gasteiger partial charge in [0.05, 0.1) is 5.69 Å². The molecule has 0 aliphatic carbocycles. The predicted octanol–water partition coefficient (Wildman–Crippen LogP) is 1.23. The molecular weight excluding hydrogens is 252 g/mol. The number of nitrogens with two attached hydrogens (primary N) is 1. The van der Waals surface area contributed by atoms with Crippen LogP contribution < -0.4 is 5.73 Å². The quantitative estimate of drug-likeness (QED) is 0.907. The van der Waals surface area contributed by atoms with Gasteiger partial charge in [-0.25, -0.2) is 9.97 Å². The van der Waals surface area contributed by atoms with Crippen LogP contribution in [0.2, 0.25) is 0 Å². The van der Waals surface area contributed by atoms with E-state index in [0.29, 0.717) is 18.5 Å². The topological polar surface area (TPSA) is 72.1 Å². The highest BCUT2D eigenvalue weighted by Crippen LogP contribution is 2.11. The van der Waals surface area contributed by atoms with Gasteiger partial charge in [0.25, 0.3) is 5.91 Å². The molecule has 0 radical (unpaired) electrons. The Bertz CT molecular complexity index is 610. The van der Waals surface area contributed by atoms with E-state index < -0.39 is 0 Å². The first-order valence-electron chi connectivity index (χ1n) is 6.40. The molecule has 0 spiro atoms. The summed E-state index contributed by atoms with van der Waals surface area (Å²) >= 11 is 0. The molecule has 2 N–H and O–H groups in total. The number of carbonyl (C=O) groups is 1. The Kier molecular flexibility index (Phi) is 4.42. The molecule has 1 aromatic heterocycles. The number of carbonyl (C=O) groups excluding carboxylic acids is 1. The van der Waals surface area contributed by atoms with E-state index in [9.17, 15) is 4.79 Å². The molecule has 2 rings (SSSR count). The van der Waals surface area contributed by atoms with Gasteiger partial charge in [0.2, 0.25) is 0 Å². The molecule has 20 heavy (non-hydrogen) atoms. The standard InChI is InChI=1S/C15H18N4O/c1-19(2)15(20)12-5-3-4-11(6-12)7-13-8-14(9-16)18-10-17-13/h3-6,8,10H,7,9,16H2,1-2H3. The van der Waals surface area contributed by atoms with Crippen molar-refractivity contribution in [2.75, 3.05) is 14.1 Å². The van der Waals surface area contributed by atoms with Gasteiger partial charge in [-0.1, -0.05) is 12.1 Å². The lowest BCUT2D eigenvalue weighted by Gasteiger charge is -2.11. The van der Waals surface area contributed by atoms with E-state index in [4.69, 9.17) is 5.73 Å². The number of rotatable bonds is 4. The largest absolute Gasteiger partial charge is 0.345 e. The van der Waals surface area contributed by atoms with Crippen LogP contribution in [0, 0.1) is 0 Å². The summed E-state index contributed by atoms with van der Waals surface area (Å²) in [5.74, 6) is -0.00261. The Balaban J connectivity index is 2.21. The molecule has 5 nitrogen and oxygen atoms in total. The van der Waals surface area contributed by atoms with E-state index in [1.807, 2.05) is 30.3 Å². The van der Waals surface area contributed by atoms with Crippen molar-refractivity contribution in [3.8, 4) is 0 Å². The van der Waals surface area contributed by atoms with Crippen molar-refractivity contribution >= 4 is 5.91 Å². The van der Waals surface area contributed by atoms with E-state index in [1.54, 1.807) is 19.0 Å². The second kappa shape index (κ2) is 6.25. The summed E-state index contributed by atoms with van der Waals surface area (Å²) in [5, 5.41) is 0. The van der Waals surface area contributed by atoms with Gasteiger partial charge in [0, 0.05) is 38.3 Å². The Morgan fingerprint density at radius 3 is 2.65 bits per heavy atom. The third-order valence-electron chi connectivity index (χ3n) is 2.95. The summed E-state index contributed by atoms with van der Waals surface area (Å²) in [7, 11) is 3.49. The molecule has 5 heteroatoms. The average Bonchev–Trinajstić information content (AvgIpc) is 2.47. The highest BCUT2D eigenvalue weighted by atomic mass is 16.2. The summed E-state index contributed by atoms with van der Waals surface area (Å²) in [6.07, 6.45) is 2.18. The van der Waals surface area contributed by atoms with Gasteiger partial charge in [-0.05, 0) is 23.8 Å². The van der Waals surface area contributed by atoms with E-state index in [-0.39, 0.29) is 5.91 Å². The maximum atomic E-state index is 11.9. The Morgan fingerprint density at radius 1 is 1.20 bits per heavy atom. The first-order valence-corrected chi connectivity index (χ1v) is 6.40. The van der Waals surface area contributed by atoms with Gasteiger partial charge in [0.1, 0.15) is 6.33 Å². The van der Waals surface area contributed by atoms with Crippen LogP contribution in [-0.4, -0.2) is 34.9 Å². The lowest BCUT2D eigenvalue weighted by atomic mass is 10.1. The van der Waals surface area contributed by atoms with Crippen molar-refractivity contribution in [1.82, 2.24) is 14.9 Å². The Morgan fingerprint density at radius 2 is 1.95 bits per heavy atom. The van der Waals surface area contributed by atoms with Crippen LogP contribution in [0.3, 0.4) is 0 Å². The second-order valence-electron chi connectivity index (χ2n) is 4.78. The summed E-state index contributed by atoms with van der Waals surface area (Å²) in [5.41, 5.74) is 9.00. The molecule has 0 unspecified atom stereocenters. The van der Waals surface area contributed by atoms with Crippen LogP contribution >= 0.6 is 0 Å². The zero-order valence-corrected chi connectivity index (χ0v) is 11.7. The van der Waals surface area contributed by atoms with Gasteiger partial charge < -0.3 is 10.6 Å². The van der Waals surface area contributed by atoms with E-state index >= 15 is 0 Å². The van der Waals surface area contributed by atoms with Crippen LogP contribution in [0.4, 0.5) is 0 Å². The Labute approximate surface area is 118 Å². The summed E-state index contributed by atoms with van der Waals surface area (Å²) in [4.78, 5) is 21.8. The number of hydrogen-bond acceptors (Lipinski definition) is 4. The minimum atomic E-state index is -0.00261. The molecule has 2 aromatic rings. The molecule has 1 aromatic carbocycles. The molecule has 0 aliphatic heterocycles. The van der Waals surface area contributed by atoms with Crippen LogP contribution in [0.1, 0.15) is 27.3 Å². The number of nitrogens with zero attached hydrogens (tertiary/aromatic N) is 3. The Hall–Kier alpha value is -2.27. The molecule has 104 valence electrons. The molecule has 1 heterocycles. The highest BCUT2D eigenvalue weighted by molar-refractivity contribution is 5.94. The van der Waals surface area contributed by atoms with Crippen molar-refractivity contribution in [1.29, 1.82) is 0 Å². The third kappa shape index (κ3) is 3.39. The average molecular weight is 270 g/mol. The fourth-order valence-corrected chi connectivity index (χ4v) is 1.93. The van der Waals surface area contributed by atoms with Crippen molar-refractivity contribution in [2.45, 2.75) is 13.0 Å². The maximum absolute atomic E-state index is 11.9. The number of hydrogen-bond donors (Lipinski definition) is 1. The third-order valence-corrected chi connectivity index (χ3v) is 2.95. The van der Waals surface area contributed by atoms with Crippen LogP contribution in [0.15, 0.2) is 36.7 Å². The minimum Gasteiger partial charge on any atom is -0.345 e. The monoisotopic (exact) mass is 270 g/mol. The highest BCUT2D eigenvalue weighted by Gasteiger charge is 2.08. The van der Waals surface area contributed by atoms with Crippen LogP contribution in [0.5, 0.6) is 0 Å². The zero-order chi connectivity index (χ0) is 14.5. The summed E-state index contributed by atoms with van der Waals surface area (Å²) in [6, 6.07) is 9.47. The van der Waals surface area contributed by atoms with Gasteiger partial charge in [-0.15, -0.1) is 0 Å². The molecule has 0 saturated heterocycles. The molecular formula is C15H18N4O. The fourth-order valence-electron chi connectivity index (χ4n) is 1.93. The van der Waals surface area contributed by atoms with Crippen LogP contribution in [-0.2, 0) is 13.0 Å². The lowest BCUT2D eigenvalue weighted by Crippen LogP contribution is -2.21. The van der Waals surface area contributed by atoms with Crippen molar-refractivity contribution < 1.29 is 4.79 Å². The van der Waals surface area contributed by atoms with Gasteiger partial charge >= 0.3 is 0 Å². The summed E-state index contributed by atoms with van der Waals surface area (Å²) < 4.78 is 0. The SMILES string of the molecule is CN(C)C(=O)c1cccc(Cc2cc(CN)ncn2)c1. The molecule has 0 saturated carbocycles. The zero-order valence-electron chi connectivity index (χ0n) is 11.7. The fraction of sp³-hybridized carbons (Fsp3) is 0.267. The molecule has 0 fully saturated rings. The molecule has 0 atom stereocenters. The first-order chi connectivity index (χ1) is 9.60. The normalized spacial score (nSPS) is 10.3. The number of benzene rings is 1.